The number of piperidine rings is 1. The van der Waals surface area contributed by atoms with Crippen molar-refractivity contribution in [1.29, 1.82) is 0 Å². The Kier molecular flexibility index (Phi) is 5.01. The molecular formula is C19H24N4O3S. The summed E-state index contributed by atoms with van der Waals surface area (Å²) in [6, 6.07) is 1.96. The summed E-state index contributed by atoms with van der Waals surface area (Å²) in [5, 5.41) is 11.0. The van der Waals surface area contributed by atoms with E-state index in [1.807, 2.05) is 21.7 Å². The van der Waals surface area contributed by atoms with Crippen molar-refractivity contribution in [2.45, 2.75) is 37.3 Å². The summed E-state index contributed by atoms with van der Waals surface area (Å²) < 4.78 is 7.77. The van der Waals surface area contributed by atoms with Crippen LogP contribution in [-0.4, -0.2) is 57.8 Å². The fourth-order valence-electron chi connectivity index (χ4n) is 3.99. The van der Waals surface area contributed by atoms with E-state index in [0.717, 1.165) is 31.2 Å². The van der Waals surface area contributed by atoms with Gasteiger partial charge in [-0.2, -0.15) is 16.4 Å². The van der Waals surface area contributed by atoms with E-state index in [2.05, 4.69) is 10.4 Å². The molecule has 2 amide bonds. The standard InChI is InChI=1S/C19H24N4O3S/c1-22-12-15(11-20-22)17(24)21-16-2-8-26-19(10-16)4-6-23(7-5-19)18(25)14-3-9-27-13-14/h3,9,11-13,16H,2,4-8,10H2,1H3,(H,21,24)/t16-/m1/s1. The number of likely N-dealkylation sites (tertiary alicyclic amines) is 1. The van der Waals surface area contributed by atoms with Gasteiger partial charge in [-0.3, -0.25) is 14.3 Å². The maximum Gasteiger partial charge on any atom is 0.254 e. The van der Waals surface area contributed by atoms with Gasteiger partial charge in [0.25, 0.3) is 11.8 Å². The summed E-state index contributed by atoms with van der Waals surface area (Å²) >= 11 is 1.54. The predicted molar refractivity (Wildman–Crippen MR) is 102 cm³/mol. The minimum Gasteiger partial charge on any atom is -0.375 e. The Morgan fingerprint density at radius 3 is 2.81 bits per heavy atom. The molecule has 2 saturated heterocycles. The summed E-state index contributed by atoms with van der Waals surface area (Å²) in [5.74, 6) is 0.0126. The summed E-state index contributed by atoms with van der Waals surface area (Å²) in [6.45, 7) is 2.02. The lowest BCUT2D eigenvalue weighted by Crippen LogP contribution is -2.54. The first kappa shape index (κ1) is 18.2. The van der Waals surface area contributed by atoms with Crippen molar-refractivity contribution < 1.29 is 14.3 Å². The second-order valence-electron chi connectivity index (χ2n) is 7.40. The zero-order valence-electron chi connectivity index (χ0n) is 15.4. The summed E-state index contributed by atoms with van der Waals surface area (Å²) in [7, 11) is 1.80. The number of rotatable bonds is 3. The highest BCUT2D eigenvalue weighted by molar-refractivity contribution is 7.08. The number of hydrogen-bond donors (Lipinski definition) is 1. The molecule has 27 heavy (non-hydrogen) atoms. The van der Waals surface area contributed by atoms with Crippen molar-refractivity contribution in [2.75, 3.05) is 19.7 Å². The number of amides is 2. The summed E-state index contributed by atoms with van der Waals surface area (Å²) in [6.07, 6.45) is 6.52. The number of carbonyl (C=O) groups is 2. The molecule has 2 aromatic rings. The highest BCUT2D eigenvalue weighted by Crippen LogP contribution is 2.35. The Hall–Kier alpha value is -2.19. The fourth-order valence-corrected chi connectivity index (χ4v) is 4.62. The van der Waals surface area contributed by atoms with E-state index in [4.69, 9.17) is 4.74 Å². The van der Waals surface area contributed by atoms with Crippen LogP contribution in [0.1, 0.15) is 46.4 Å². The van der Waals surface area contributed by atoms with Crippen LogP contribution in [0, 0.1) is 0 Å². The number of hydrogen-bond acceptors (Lipinski definition) is 5. The molecule has 4 rings (SSSR count). The molecule has 0 bridgehead atoms. The summed E-state index contributed by atoms with van der Waals surface area (Å²) in [5.41, 5.74) is 1.10. The second kappa shape index (κ2) is 7.44. The maximum atomic E-state index is 12.5. The molecule has 7 nitrogen and oxygen atoms in total. The minimum absolute atomic E-state index is 0.0878. The van der Waals surface area contributed by atoms with Gasteiger partial charge in [0.05, 0.1) is 22.9 Å². The van der Waals surface area contributed by atoms with E-state index in [1.165, 1.54) is 0 Å². The van der Waals surface area contributed by atoms with Crippen molar-refractivity contribution in [3.8, 4) is 0 Å². The SMILES string of the molecule is Cn1cc(C(=O)N[C@@H]2CCOC3(CCN(C(=O)c4ccsc4)CC3)C2)cn1. The number of aromatic nitrogens is 2. The molecule has 0 unspecified atom stereocenters. The molecule has 1 N–H and O–H groups in total. The molecule has 2 aliphatic rings. The number of carbonyl (C=O) groups excluding carboxylic acids is 2. The van der Waals surface area contributed by atoms with Crippen LogP contribution >= 0.6 is 11.3 Å². The lowest BCUT2D eigenvalue weighted by Gasteiger charge is -2.46. The highest BCUT2D eigenvalue weighted by Gasteiger charge is 2.41. The van der Waals surface area contributed by atoms with Gasteiger partial charge >= 0.3 is 0 Å². The van der Waals surface area contributed by atoms with E-state index in [1.54, 1.807) is 35.5 Å². The molecule has 2 aromatic heterocycles. The second-order valence-corrected chi connectivity index (χ2v) is 8.18. The zero-order chi connectivity index (χ0) is 18.9. The van der Waals surface area contributed by atoms with Gasteiger partial charge in [0.2, 0.25) is 0 Å². The molecule has 4 heterocycles. The number of nitrogens with one attached hydrogen (secondary N) is 1. The van der Waals surface area contributed by atoms with Crippen molar-refractivity contribution in [3.05, 3.63) is 40.3 Å². The van der Waals surface area contributed by atoms with Crippen molar-refractivity contribution in [2.24, 2.45) is 7.05 Å². The third-order valence-electron chi connectivity index (χ3n) is 5.53. The smallest absolute Gasteiger partial charge is 0.254 e. The first-order chi connectivity index (χ1) is 13.0. The molecule has 144 valence electrons. The van der Waals surface area contributed by atoms with Crippen LogP contribution in [0.2, 0.25) is 0 Å². The van der Waals surface area contributed by atoms with Gasteiger partial charge in [-0.25, -0.2) is 0 Å². The minimum atomic E-state index is -0.240. The number of thiophene rings is 1. The largest absolute Gasteiger partial charge is 0.375 e. The lowest BCUT2D eigenvalue weighted by atomic mass is 9.82. The molecule has 0 aromatic carbocycles. The Bertz CT molecular complexity index is 809. The molecule has 2 fully saturated rings. The van der Waals surface area contributed by atoms with Crippen LogP contribution in [0.4, 0.5) is 0 Å². The first-order valence-corrected chi connectivity index (χ1v) is 10.2. The predicted octanol–water partition coefficient (Wildman–Crippen LogP) is 2.07. The van der Waals surface area contributed by atoms with Crippen LogP contribution in [0.25, 0.3) is 0 Å². The molecule has 1 spiro atoms. The number of ether oxygens (including phenoxy) is 1. The molecule has 1 atom stereocenters. The van der Waals surface area contributed by atoms with Gasteiger partial charge in [0.15, 0.2) is 0 Å². The molecule has 0 saturated carbocycles. The van der Waals surface area contributed by atoms with Crippen LogP contribution in [0.5, 0.6) is 0 Å². The monoisotopic (exact) mass is 388 g/mol. The van der Waals surface area contributed by atoms with Crippen molar-refractivity contribution in [3.63, 3.8) is 0 Å². The van der Waals surface area contributed by atoms with Gasteiger partial charge in [0.1, 0.15) is 0 Å². The van der Waals surface area contributed by atoms with Gasteiger partial charge in [-0.05, 0) is 37.1 Å². The van der Waals surface area contributed by atoms with E-state index in [-0.39, 0.29) is 23.5 Å². The third kappa shape index (κ3) is 3.91. The quantitative estimate of drug-likeness (QED) is 0.873. The Labute approximate surface area is 162 Å². The summed E-state index contributed by atoms with van der Waals surface area (Å²) in [4.78, 5) is 26.9. The van der Waals surface area contributed by atoms with Gasteiger partial charge in [-0.1, -0.05) is 0 Å². The first-order valence-electron chi connectivity index (χ1n) is 9.30. The average Bonchev–Trinajstić information content (AvgIpc) is 3.34. The topological polar surface area (TPSA) is 76.5 Å². The van der Waals surface area contributed by atoms with E-state index in [9.17, 15) is 9.59 Å². The normalized spacial score (nSPS) is 22.0. The maximum absolute atomic E-state index is 12.5. The van der Waals surface area contributed by atoms with E-state index >= 15 is 0 Å². The fraction of sp³-hybridized carbons (Fsp3) is 0.526. The van der Waals surface area contributed by atoms with Crippen LogP contribution in [0.15, 0.2) is 29.2 Å². The van der Waals surface area contributed by atoms with Crippen molar-refractivity contribution in [1.82, 2.24) is 20.0 Å². The number of aryl methyl sites for hydroxylation is 1. The third-order valence-corrected chi connectivity index (χ3v) is 6.21. The van der Waals surface area contributed by atoms with Crippen LogP contribution in [0.3, 0.4) is 0 Å². The zero-order valence-corrected chi connectivity index (χ0v) is 16.2. The van der Waals surface area contributed by atoms with Crippen LogP contribution < -0.4 is 5.32 Å². The van der Waals surface area contributed by atoms with E-state index < -0.39 is 0 Å². The Morgan fingerprint density at radius 1 is 1.33 bits per heavy atom. The van der Waals surface area contributed by atoms with Gasteiger partial charge in [0, 0.05) is 44.4 Å². The van der Waals surface area contributed by atoms with Gasteiger partial charge < -0.3 is 15.0 Å². The molecular weight excluding hydrogens is 364 g/mol. The van der Waals surface area contributed by atoms with Crippen LogP contribution in [-0.2, 0) is 11.8 Å². The number of nitrogens with zero attached hydrogens (tertiary/aromatic N) is 3. The molecule has 0 aliphatic carbocycles. The Balaban J connectivity index is 1.34. The Morgan fingerprint density at radius 2 is 2.15 bits per heavy atom. The molecule has 8 heteroatoms. The molecule has 0 radical (unpaired) electrons. The van der Waals surface area contributed by atoms with Crippen molar-refractivity contribution >= 4 is 23.2 Å². The average molecular weight is 388 g/mol. The molecule has 2 aliphatic heterocycles. The highest BCUT2D eigenvalue weighted by atomic mass is 32.1. The van der Waals surface area contributed by atoms with E-state index in [0.29, 0.717) is 25.3 Å². The van der Waals surface area contributed by atoms with Gasteiger partial charge in [-0.15, -0.1) is 0 Å². The lowest BCUT2D eigenvalue weighted by molar-refractivity contribution is -0.114.